The van der Waals surface area contributed by atoms with Crippen LogP contribution in [-0.4, -0.2) is 59.1 Å². The number of amides is 1. The van der Waals surface area contributed by atoms with Crippen LogP contribution in [0.4, 0.5) is 5.82 Å². The number of likely N-dealkylation sites (tertiary alicyclic amines) is 1. The molecule has 0 aliphatic carbocycles. The lowest BCUT2D eigenvalue weighted by Crippen LogP contribution is -2.60. The van der Waals surface area contributed by atoms with Crippen LogP contribution >= 0.6 is 0 Å². The zero-order chi connectivity index (χ0) is 18.0. The molecule has 0 radical (unpaired) electrons. The topological polar surface area (TPSA) is 82.7 Å². The SMILES string of the molecule is CN(C)[C@]1(c2ccccc2)CCN(C(=O)c2ccc(N)nc2)C[C@H]1O. The van der Waals surface area contributed by atoms with Crippen molar-refractivity contribution in [3.8, 4) is 0 Å². The molecule has 0 bridgehead atoms. The maximum absolute atomic E-state index is 12.7. The number of aromatic nitrogens is 1. The Kier molecular flexibility index (Phi) is 4.74. The number of carbonyl (C=O) groups excluding carboxylic acids is 1. The molecule has 2 aromatic rings. The van der Waals surface area contributed by atoms with Crippen molar-refractivity contribution in [1.82, 2.24) is 14.8 Å². The van der Waals surface area contributed by atoms with Crippen molar-refractivity contribution in [2.24, 2.45) is 0 Å². The van der Waals surface area contributed by atoms with Crippen molar-refractivity contribution in [2.45, 2.75) is 18.1 Å². The molecule has 6 nitrogen and oxygen atoms in total. The Hall–Kier alpha value is -2.44. The molecule has 0 saturated carbocycles. The molecule has 1 amide bonds. The van der Waals surface area contributed by atoms with Crippen molar-refractivity contribution in [3.05, 3.63) is 59.8 Å². The average molecular weight is 340 g/mol. The minimum Gasteiger partial charge on any atom is -0.389 e. The van der Waals surface area contributed by atoms with Gasteiger partial charge in [0, 0.05) is 19.3 Å². The van der Waals surface area contributed by atoms with Crippen LogP contribution in [0.3, 0.4) is 0 Å². The van der Waals surface area contributed by atoms with E-state index in [4.69, 9.17) is 5.73 Å². The summed E-state index contributed by atoms with van der Waals surface area (Å²) in [6.07, 6.45) is 1.44. The van der Waals surface area contributed by atoms with Crippen molar-refractivity contribution < 1.29 is 9.90 Å². The third kappa shape index (κ3) is 3.10. The van der Waals surface area contributed by atoms with Crippen LogP contribution in [0.5, 0.6) is 0 Å². The second-order valence-corrected chi connectivity index (χ2v) is 6.67. The van der Waals surface area contributed by atoms with E-state index in [0.717, 1.165) is 5.56 Å². The fraction of sp³-hybridized carbons (Fsp3) is 0.368. The van der Waals surface area contributed by atoms with Crippen molar-refractivity contribution in [1.29, 1.82) is 0 Å². The number of anilines is 1. The highest BCUT2D eigenvalue weighted by Crippen LogP contribution is 2.37. The van der Waals surface area contributed by atoms with Gasteiger partial charge < -0.3 is 15.7 Å². The summed E-state index contributed by atoms with van der Waals surface area (Å²) in [6.45, 7) is 0.837. The lowest BCUT2D eigenvalue weighted by Gasteiger charge is -2.49. The predicted molar refractivity (Wildman–Crippen MR) is 97.0 cm³/mol. The zero-order valence-electron chi connectivity index (χ0n) is 14.6. The number of piperidine rings is 1. The summed E-state index contributed by atoms with van der Waals surface area (Å²) >= 11 is 0. The number of rotatable bonds is 3. The molecular formula is C19H24N4O2. The molecule has 3 rings (SSSR count). The third-order valence-electron chi connectivity index (χ3n) is 5.10. The molecule has 6 heteroatoms. The number of benzene rings is 1. The van der Waals surface area contributed by atoms with Crippen LogP contribution in [-0.2, 0) is 5.54 Å². The summed E-state index contributed by atoms with van der Waals surface area (Å²) in [6, 6.07) is 13.3. The molecule has 2 heterocycles. The summed E-state index contributed by atoms with van der Waals surface area (Å²) < 4.78 is 0. The molecule has 1 aliphatic rings. The second kappa shape index (κ2) is 6.82. The Morgan fingerprint density at radius 1 is 1.28 bits per heavy atom. The van der Waals surface area contributed by atoms with Crippen LogP contribution in [0.2, 0.25) is 0 Å². The first kappa shape index (κ1) is 17.4. The Balaban J connectivity index is 1.83. The first-order chi connectivity index (χ1) is 11.9. The molecule has 25 heavy (non-hydrogen) atoms. The van der Waals surface area contributed by atoms with Gasteiger partial charge >= 0.3 is 0 Å². The van der Waals surface area contributed by atoms with Gasteiger partial charge in [-0.1, -0.05) is 30.3 Å². The van der Waals surface area contributed by atoms with Gasteiger partial charge in [0.15, 0.2) is 0 Å². The lowest BCUT2D eigenvalue weighted by atomic mass is 9.77. The first-order valence-electron chi connectivity index (χ1n) is 8.37. The highest BCUT2D eigenvalue weighted by molar-refractivity contribution is 5.94. The van der Waals surface area contributed by atoms with Gasteiger partial charge in [0.25, 0.3) is 5.91 Å². The normalized spacial score (nSPS) is 23.7. The first-order valence-corrected chi connectivity index (χ1v) is 8.37. The number of hydrogen-bond acceptors (Lipinski definition) is 5. The minimum atomic E-state index is -0.690. The molecule has 132 valence electrons. The Morgan fingerprint density at radius 2 is 2.00 bits per heavy atom. The fourth-order valence-corrected chi connectivity index (χ4v) is 3.67. The number of nitrogens with zero attached hydrogens (tertiary/aromatic N) is 3. The number of aliphatic hydroxyl groups excluding tert-OH is 1. The zero-order valence-corrected chi connectivity index (χ0v) is 14.6. The Labute approximate surface area is 147 Å². The van der Waals surface area contributed by atoms with Crippen molar-refractivity contribution in [3.63, 3.8) is 0 Å². The van der Waals surface area contributed by atoms with E-state index >= 15 is 0 Å². The maximum Gasteiger partial charge on any atom is 0.255 e. The number of hydrogen-bond donors (Lipinski definition) is 2. The largest absolute Gasteiger partial charge is 0.389 e. The van der Waals surface area contributed by atoms with E-state index in [1.54, 1.807) is 17.0 Å². The molecule has 2 atom stereocenters. The second-order valence-electron chi connectivity index (χ2n) is 6.67. The van der Waals surface area contributed by atoms with E-state index in [1.807, 2.05) is 44.4 Å². The van der Waals surface area contributed by atoms with Crippen LogP contribution in [0.15, 0.2) is 48.7 Å². The molecule has 1 aliphatic heterocycles. The van der Waals surface area contributed by atoms with Crippen molar-refractivity contribution >= 4 is 11.7 Å². The summed E-state index contributed by atoms with van der Waals surface area (Å²) in [4.78, 5) is 20.4. The molecule has 1 fully saturated rings. The Morgan fingerprint density at radius 3 is 2.56 bits per heavy atom. The number of likely N-dealkylation sites (N-methyl/N-ethyl adjacent to an activating group) is 1. The number of nitrogen functional groups attached to an aromatic ring is 1. The van der Waals surface area contributed by atoms with E-state index < -0.39 is 11.6 Å². The van der Waals surface area contributed by atoms with Crippen molar-refractivity contribution in [2.75, 3.05) is 32.9 Å². The van der Waals surface area contributed by atoms with E-state index in [-0.39, 0.29) is 12.5 Å². The summed E-state index contributed by atoms with van der Waals surface area (Å²) in [5, 5.41) is 11.0. The van der Waals surface area contributed by atoms with Crippen LogP contribution in [0.1, 0.15) is 22.3 Å². The van der Waals surface area contributed by atoms with Gasteiger partial charge in [0.1, 0.15) is 5.82 Å². The van der Waals surface area contributed by atoms with Crippen LogP contribution < -0.4 is 5.73 Å². The van der Waals surface area contributed by atoms with E-state index in [9.17, 15) is 9.90 Å². The summed E-state index contributed by atoms with van der Waals surface area (Å²) in [7, 11) is 3.94. The standard InChI is InChI=1S/C19H24N4O2/c1-22(2)19(15-6-4-3-5-7-15)10-11-23(13-16(19)24)18(25)14-8-9-17(20)21-12-14/h3-9,12,16,24H,10-11,13H2,1-2H3,(H2,20,21)/t16-,19+/m1/s1. The molecule has 0 spiro atoms. The van der Waals surface area contributed by atoms with Crippen LogP contribution in [0.25, 0.3) is 0 Å². The molecule has 1 aromatic heterocycles. The van der Waals surface area contributed by atoms with Gasteiger partial charge in [-0.05, 0) is 38.2 Å². The third-order valence-corrected chi connectivity index (χ3v) is 5.10. The number of pyridine rings is 1. The number of carbonyl (C=O) groups is 1. The molecule has 1 saturated heterocycles. The predicted octanol–water partition coefficient (Wildman–Crippen LogP) is 1.33. The van der Waals surface area contributed by atoms with E-state index in [0.29, 0.717) is 24.3 Å². The van der Waals surface area contributed by atoms with Gasteiger partial charge in [-0.3, -0.25) is 9.69 Å². The molecule has 3 N–H and O–H groups in total. The number of aliphatic hydroxyl groups is 1. The van der Waals surface area contributed by atoms with Gasteiger partial charge in [-0.2, -0.15) is 0 Å². The van der Waals surface area contributed by atoms with E-state index in [1.165, 1.54) is 6.20 Å². The van der Waals surface area contributed by atoms with Gasteiger partial charge in [0.2, 0.25) is 0 Å². The lowest BCUT2D eigenvalue weighted by molar-refractivity contribution is -0.0612. The number of nitrogens with two attached hydrogens (primary N) is 1. The van der Waals surface area contributed by atoms with Gasteiger partial charge in [-0.15, -0.1) is 0 Å². The summed E-state index contributed by atoms with van der Waals surface area (Å²) in [5.41, 5.74) is 6.62. The molecule has 0 unspecified atom stereocenters. The average Bonchev–Trinajstić information content (AvgIpc) is 2.62. The molecular weight excluding hydrogens is 316 g/mol. The fourth-order valence-electron chi connectivity index (χ4n) is 3.67. The van der Waals surface area contributed by atoms with Gasteiger partial charge in [-0.25, -0.2) is 4.98 Å². The summed E-state index contributed by atoms with van der Waals surface area (Å²) in [5.74, 6) is 0.248. The van der Waals surface area contributed by atoms with Gasteiger partial charge in [0.05, 0.1) is 17.2 Å². The highest BCUT2D eigenvalue weighted by Gasteiger charge is 2.46. The maximum atomic E-state index is 12.7. The monoisotopic (exact) mass is 340 g/mol. The smallest absolute Gasteiger partial charge is 0.255 e. The highest BCUT2D eigenvalue weighted by atomic mass is 16.3. The minimum absolute atomic E-state index is 0.132. The van der Waals surface area contributed by atoms with E-state index in [2.05, 4.69) is 9.88 Å². The Bertz CT molecular complexity index is 733. The quantitative estimate of drug-likeness (QED) is 0.881. The molecule has 1 aromatic carbocycles. The van der Waals surface area contributed by atoms with Crippen LogP contribution in [0, 0.1) is 0 Å². The number of β-amino-alcohol motifs (C(OH)–C–C–N with tert-alkyl or cyclic N) is 1.